The number of methoxy groups -OCH3 is 1. The molecule has 0 aromatic heterocycles. The number of aliphatic hydroxyl groups is 1. The molecule has 0 bridgehead atoms. The molecule has 0 saturated carbocycles. The Kier molecular flexibility index (Phi) is 6.16. The van der Waals surface area contributed by atoms with Crippen LogP contribution in [0.1, 0.15) is 12.8 Å². The summed E-state index contributed by atoms with van der Waals surface area (Å²) in [6.07, 6.45) is 1.76. The molecule has 0 amide bonds. The maximum absolute atomic E-state index is 8.67. The van der Waals surface area contributed by atoms with Crippen molar-refractivity contribution in [2.75, 3.05) is 25.6 Å². The van der Waals surface area contributed by atoms with E-state index >= 15 is 0 Å². The van der Waals surface area contributed by atoms with E-state index in [1.54, 1.807) is 7.11 Å². The third-order valence-corrected chi connectivity index (χ3v) is 3.42. The molecular formula is C11H15Br2NO2. The summed E-state index contributed by atoms with van der Waals surface area (Å²) < 4.78 is 7.13. The molecule has 1 rings (SSSR count). The molecule has 2 N–H and O–H groups in total. The summed E-state index contributed by atoms with van der Waals surface area (Å²) in [7, 11) is 1.64. The van der Waals surface area contributed by atoms with E-state index in [1.807, 2.05) is 12.1 Å². The van der Waals surface area contributed by atoms with E-state index in [2.05, 4.69) is 37.2 Å². The maximum atomic E-state index is 8.67. The second-order valence-electron chi connectivity index (χ2n) is 3.32. The Balaban J connectivity index is 2.64. The molecule has 0 aliphatic rings. The molecule has 1 aromatic rings. The molecule has 0 unspecified atom stereocenters. The number of halogens is 2. The van der Waals surface area contributed by atoms with Gasteiger partial charge < -0.3 is 15.2 Å². The van der Waals surface area contributed by atoms with E-state index in [1.165, 1.54) is 0 Å². The van der Waals surface area contributed by atoms with Crippen LogP contribution in [0.25, 0.3) is 0 Å². The van der Waals surface area contributed by atoms with Crippen molar-refractivity contribution >= 4 is 37.5 Å². The first-order chi connectivity index (χ1) is 7.69. The van der Waals surface area contributed by atoms with Gasteiger partial charge in [-0.2, -0.15) is 0 Å². The first-order valence-electron chi connectivity index (χ1n) is 5.06. The number of hydrogen-bond donors (Lipinski definition) is 2. The average molecular weight is 353 g/mol. The molecule has 5 heteroatoms. The first-order valence-corrected chi connectivity index (χ1v) is 6.65. The van der Waals surface area contributed by atoms with Crippen molar-refractivity contribution < 1.29 is 9.84 Å². The van der Waals surface area contributed by atoms with Crippen molar-refractivity contribution in [3.8, 4) is 5.75 Å². The molecule has 0 heterocycles. The molecule has 0 radical (unpaired) electrons. The van der Waals surface area contributed by atoms with E-state index in [-0.39, 0.29) is 6.61 Å². The van der Waals surface area contributed by atoms with Crippen LogP contribution in [0.5, 0.6) is 5.75 Å². The second-order valence-corrected chi connectivity index (χ2v) is 5.03. The van der Waals surface area contributed by atoms with Crippen molar-refractivity contribution in [2.45, 2.75) is 12.8 Å². The van der Waals surface area contributed by atoms with Crippen molar-refractivity contribution in [3.63, 3.8) is 0 Å². The van der Waals surface area contributed by atoms with Crippen LogP contribution < -0.4 is 10.1 Å². The fourth-order valence-corrected chi connectivity index (χ4v) is 2.58. The van der Waals surface area contributed by atoms with Crippen LogP contribution in [0, 0.1) is 0 Å². The minimum Gasteiger partial charge on any atom is -0.495 e. The fraction of sp³-hybridized carbons (Fsp3) is 0.455. The molecule has 0 atom stereocenters. The van der Waals surface area contributed by atoms with Crippen molar-refractivity contribution in [1.82, 2.24) is 0 Å². The Morgan fingerprint density at radius 1 is 1.25 bits per heavy atom. The molecule has 0 spiro atoms. The predicted molar refractivity (Wildman–Crippen MR) is 73.2 cm³/mol. The largest absolute Gasteiger partial charge is 0.495 e. The summed E-state index contributed by atoms with van der Waals surface area (Å²) in [5.74, 6) is 0.799. The molecule has 3 nitrogen and oxygen atoms in total. The van der Waals surface area contributed by atoms with Crippen LogP contribution in [-0.4, -0.2) is 25.4 Å². The minimum atomic E-state index is 0.243. The molecular weight excluding hydrogens is 338 g/mol. The topological polar surface area (TPSA) is 41.5 Å². The predicted octanol–water partition coefficient (Wildman–Crippen LogP) is 3.40. The summed E-state index contributed by atoms with van der Waals surface area (Å²) >= 11 is 6.90. The highest BCUT2D eigenvalue weighted by atomic mass is 79.9. The highest BCUT2D eigenvalue weighted by molar-refractivity contribution is 9.11. The number of unbranched alkanes of at least 4 members (excludes halogenated alkanes) is 1. The van der Waals surface area contributed by atoms with Gasteiger partial charge in [-0.25, -0.2) is 0 Å². The van der Waals surface area contributed by atoms with Gasteiger partial charge in [0.15, 0.2) is 0 Å². The SMILES string of the molecule is COc1cc(NCCCCO)c(Br)cc1Br. The standard InChI is InChI=1S/C11H15Br2NO2/c1-16-11-7-10(8(12)6-9(11)13)14-4-2-3-5-15/h6-7,14-15H,2-5H2,1H3. The van der Waals surface area contributed by atoms with E-state index in [0.717, 1.165) is 39.8 Å². The number of nitrogens with one attached hydrogen (secondary N) is 1. The summed E-state index contributed by atoms with van der Waals surface area (Å²) in [4.78, 5) is 0. The lowest BCUT2D eigenvalue weighted by atomic mass is 10.2. The summed E-state index contributed by atoms with van der Waals surface area (Å²) in [6, 6.07) is 3.89. The quantitative estimate of drug-likeness (QED) is 0.771. The zero-order chi connectivity index (χ0) is 12.0. The van der Waals surface area contributed by atoms with Crippen LogP contribution in [0.3, 0.4) is 0 Å². The van der Waals surface area contributed by atoms with E-state index in [4.69, 9.17) is 9.84 Å². The number of rotatable bonds is 6. The average Bonchev–Trinajstić information content (AvgIpc) is 2.27. The lowest BCUT2D eigenvalue weighted by molar-refractivity contribution is 0.286. The normalized spacial score (nSPS) is 10.2. The third-order valence-electron chi connectivity index (χ3n) is 2.14. The molecule has 0 aliphatic carbocycles. The highest BCUT2D eigenvalue weighted by Crippen LogP contribution is 2.34. The molecule has 16 heavy (non-hydrogen) atoms. The maximum Gasteiger partial charge on any atom is 0.135 e. The summed E-state index contributed by atoms with van der Waals surface area (Å²) in [5, 5.41) is 12.0. The zero-order valence-electron chi connectivity index (χ0n) is 9.09. The molecule has 90 valence electrons. The number of ether oxygens (including phenoxy) is 1. The number of anilines is 1. The van der Waals surface area contributed by atoms with Gasteiger partial charge in [0.2, 0.25) is 0 Å². The summed E-state index contributed by atoms with van der Waals surface area (Å²) in [5.41, 5.74) is 0.998. The van der Waals surface area contributed by atoms with Gasteiger partial charge in [0.1, 0.15) is 5.75 Å². The Morgan fingerprint density at radius 2 is 2.00 bits per heavy atom. The van der Waals surface area contributed by atoms with Gasteiger partial charge in [-0.15, -0.1) is 0 Å². The lowest BCUT2D eigenvalue weighted by Gasteiger charge is -2.11. The summed E-state index contributed by atoms with van der Waals surface area (Å²) in [6.45, 7) is 1.08. The smallest absolute Gasteiger partial charge is 0.135 e. The Labute approximate surface area is 112 Å². The second kappa shape index (κ2) is 7.14. The van der Waals surface area contributed by atoms with Crippen LogP contribution in [0.15, 0.2) is 21.1 Å². The van der Waals surface area contributed by atoms with Crippen molar-refractivity contribution in [2.24, 2.45) is 0 Å². The van der Waals surface area contributed by atoms with E-state index < -0.39 is 0 Å². The Morgan fingerprint density at radius 3 is 2.62 bits per heavy atom. The minimum absolute atomic E-state index is 0.243. The van der Waals surface area contributed by atoms with Gasteiger partial charge in [0.05, 0.1) is 17.3 Å². The van der Waals surface area contributed by atoms with Gasteiger partial charge in [-0.3, -0.25) is 0 Å². The van der Waals surface area contributed by atoms with Crippen molar-refractivity contribution in [3.05, 3.63) is 21.1 Å². The van der Waals surface area contributed by atoms with Crippen LogP contribution in [0.4, 0.5) is 5.69 Å². The lowest BCUT2D eigenvalue weighted by Crippen LogP contribution is -2.03. The number of benzene rings is 1. The Bertz CT molecular complexity index is 345. The molecule has 0 fully saturated rings. The van der Waals surface area contributed by atoms with E-state index in [0.29, 0.717) is 0 Å². The van der Waals surface area contributed by atoms with E-state index in [9.17, 15) is 0 Å². The fourth-order valence-electron chi connectivity index (χ4n) is 1.28. The van der Waals surface area contributed by atoms with Gasteiger partial charge in [-0.05, 0) is 50.8 Å². The Hall–Kier alpha value is -0.260. The van der Waals surface area contributed by atoms with Gasteiger partial charge in [0.25, 0.3) is 0 Å². The zero-order valence-corrected chi connectivity index (χ0v) is 12.3. The van der Waals surface area contributed by atoms with Gasteiger partial charge in [0, 0.05) is 23.7 Å². The van der Waals surface area contributed by atoms with Crippen LogP contribution in [0.2, 0.25) is 0 Å². The molecule has 0 aliphatic heterocycles. The molecule has 0 saturated heterocycles. The monoisotopic (exact) mass is 351 g/mol. The molecule has 1 aromatic carbocycles. The highest BCUT2D eigenvalue weighted by Gasteiger charge is 2.06. The first kappa shape index (κ1) is 13.8. The van der Waals surface area contributed by atoms with Crippen LogP contribution in [-0.2, 0) is 0 Å². The van der Waals surface area contributed by atoms with Crippen LogP contribution >= 0.6 is 31.9 Å². The number of aliphatic hydroxyl groups excluding tert-OH is 1. The van der Waals surface area contributed by atoms with Crippen molar-refractivity contribution in [1.29, 1.82) is 0 Å². The van der Waals surface area contributed by atoms with Gasteiger partial charge >= 0.3 is 0 Å². The third kappa shape index (κ3) is 3.96. The van der Waals surface area contributed by atoms with Gasteiger partial charge in [-0.1, -0.05) is 0 Å². The number of hydrogen-bond acceptors (Lipinski definition) is 3.